The van der Waals surface area contributed by atoms with Crippen molar-refractivity contribution in [1.29, 1.82) is 0 Å². The van der Waals surface area contributed by atoms with Crippen LogP contribution in [-0.2, 0) is 4.79 Å². The van der Waals surface area contributed by atoms with Crippen molar-refractivity contribution in [1.82, 2.24) is 10.1 Å². The van der Waals surface area contributed by atoms with Gasteiger partial charge in [0.15, 0.2) is 11.5 Å². The van der Waals surface area contributed by atoms with Crippen LogP contribution in [0.15, 0.2) is 40.9 Å². The van der Waals surface area contributed by atoms with Gasteiger partial charge < -0.3 is 23.6 Å². The summed E-state index contributed by atoms with van der Waals surface area (Å²) in [5.41, 5.74) is 2.60. The van der Waals surface area contributed by atoms with Crippen molar-refractivity contribution in [3.63, 3.8) is 0 Å². The summed E-state index contributed by atoms with van der Waals surface area (Å²) in [6, 6.07) is 11.2. The van der Waals surface area contributed by atoms with Crippen LogP contribution in [0.5, 0.6) is 17.2 Å². The summed E-state index contributed by atoms with van der Waals surface area (Å²) < 4.78 is 22.0. The van der Waals surface area contributed by atoms with Gasteiger partial charge in [0.2, 0.25) is 17.6 Å². The molecule has 2 heterocycles. The summed E-state index contributed by atoms with van der Waals surface area (Å²) in [5.74, 6) is 2.73. The second-order valence-electron chi connectivity index (χ2n) is 7.73. The molecule has 0 spiro atoms. The fraction of sp³-hybridized carbons (Fsp3) is 0.375. The zero-order chi connectivity index (χ0) is 22.7. The van der Waals surface area contributed by atoms with E-state index in [1.54, 1.807) is 19.1 Å². The van der Waals surface area contributed by atoms with Crippen molar-refractivity contribution in [2.45, 2.75) is 32.6 Å². The normalized spacial score (nSPS) is 15.8. The third-order valence-corrected chi connectivity index (χ3v) is 5.51. The molecule has 8 heteroatoms. The average molecular weight is 437 g/mol. The first-order valence-electron chi connectivity index (χ1n) is 10.6. The molecule has 1 aliphatic heterocycles. The van der Waals surface area contributed by atoms with E-state index in [9.17, 15) is 4.79 Å². The summed E-state index contributed by atoms with van der Waals surface area (Å²) in [4.78, 5) is 19.1. The van der Waals surface area contributed by atoms with E-state index in [0.717, 1.165) is 23.2 Å². The van der Waals surface area contributed by atoms with Crippen LogP contribution in [0, 0.1) is 6.92 Å². The molecule has 0 N–H and O–H groups in total. The molecule has 1 amide bonds. The lowest BCUT2D eigenvalue weighted by atomic mass is 10.1. The molecule has 4 rings (SSSR count). The summed E-state index contributed by atoms with van der Waals surface area (Å²) in [6.45, 7) is 5.11. The van der Waals surface area contributed by atoms with E-state index in [0.29, 0.717) is 48.5 Å². The van der Waals surface area contributed by atoms with Crippen LogP contribution in [-0.4, -0.2) is 43.4 Å². The molecule has 1 unspecified atom stereocenters. The van der Waals surface area contributed by atoms with Crippen LogP contribution in [0.4, 0.5) is 5.69 Å². The lowest BCUT2D eigenvalue weighted by Crippen LogP contribution is -2.25. The van der Waals surface area contributed by atoms with E-state index in [2.05, 4.69) is 10.1 Å². The van der Waals surface area contributed by atoms with Gasteiger partial charge in [-0.1, -0.05) is 18.1 Å². The van der Waals surface area contributed by atoms with Crippen molar-refractivity contribution in [2.75, 3.05) is 32.3 Å². The monoisotopic (exact) mass is 437 g/mol. The topological polar surface area (TPSA) is 86.9 Å². The Morgan fingerprint density at radius 3 is 2.72 bits per heavy atom. The van der Waals surface area contributed by atoms with Crippen molar-refractivity contribution in [3.8, 4) is 28.6 Å². The Balaban J connectivity index is 1.54. The van der Waals surface area contributed by atoms with Crippen LogP contribution in [0.1, 0.15) is 37.1 Å². The molecule has 1 aliphatic rings. The predicted octanol–water partition coefficient (Wildman–Crippen LogP) is 4.37. The van der Waals surface area contributed by atoms with Gasteiger partial charge in [0.05, 0.1) is 32.4 Å². The van der Waals surface area contributed by atoms with Gasteiger partial charge in [0.1, 0.15) is 5.75 Å². The Morgan fingerprint density at radius 2 is 1.97 bits per heavy atom. The Morgan fingerprint density at radius 1 is 1.12 bits per heavy atom. The van der Waals surface area contributed by atoms with Crippen molar-refractivity contribution in [3.05, 3.63) is 47.9 Å². The maximum Gasteiger partial charge on any atom is 0.232 e. The smallest absolute Gasteiger partial charge is 0.232 e. The third-order valence-electron chi connectivity index (χ3n) is 5.51. The number of aryl methyl sites for hydroxylation is 1. The zero-order valence-corrected chi connectivity index (χ0v) is 18.8. The van der Waals surface area contributed by atoms with E-state index < -0.39 is 0 Å². The third kappa shape index (κ3) is 4.26. The van der Waals surface area contributed by atoms with E-state index >= 15 is 0 Å². The quantitative estimate of drug-likeness (QED) is 0.517. The Kier molecular flexibility index (Phi) is 6.30. The number of aromatic nitrogens is 2. The number of hydrogen-bond donors (Lipinski definition) is 0. The first-order valence-corrected chi connectivity index (χ1v) is 10.6. The summed E-state index contributed by atoms with van der Waals surface area (Å²) in [5, 5.41) is 4.13. The minimum absolute atomic E-state index is 0.0187. The van der Waals surface area contributed by atoms with Crippen molar-refractivity contribution < 1.29 is 23.5 Å². The summed E-state index contributed by atoms with van der Waals surface area (Å²) in [7, 11) is 3.21. The highest BCUT2D eigenvalue weighted by atomic mass is 16.5. The molecule has 8 nitrogen and oxygen atoms in total. The van der Waals surface area contributed by atoms with Gasteiger partial charge in [-0.15, -0.1) is 0 Å². The van der Waals surface area contributed by atoms with Crippen LogP contribution >= 0.6 is 0 Å². The molecule has 2 aromatic carbocycles. The van der Waals surface area contributed by atoms with Gasteiger partial charge in [-0.05, 0) is 43.2 Å². The number of rotatable bonds is 8. The molecule has 1 aromatic heterocycles. The number of benzene rings is 2. The van der Waals surface area contributed by atoms with Crippen molar-refractivity contribution in [2.24, 2.45) is 0 Å². The first-order chi connectivity index (χ1) is 15.5. The highest BCUT2D eigenvalue weighted by Gasteiger charge is 2.36. The number of amides is 1. The van der Waals surface area contributed by atoms with Crippen LogP contribution < -0.4 is 19.1 Å². The number of ether oxygens (including phenoxy) is 3. The fourth-order valence-electron chi connectivity index (χ4n) is 3.77. The van der Waals surface area contributed by atoms with Gasteiger partial charge in [0, 0.05) is 24.6 Å². The SMILES string of the molecule is CCCOc1ccc(-c2noc(C3CC(=O)N(c4cc(OC)ccc4C)C3)n2)cc1OC. The van der Waals surface area contributed by atoms with Gasteiger partial charge in [0.25, 0.3) is 0 Å². The van der Waals surface area contributed by atoms with Gasteiger partial charge >= 0.3 is 0 Å². The lowest BCUT2D eigenvalue weighted by molar-refractivity contribution is -0.117. The molecule has 0 radical (unpaired) electrons. The number of methoxy groups -OCH3 is 2. The molecule has 168 valence electrons. The largest absolute Gasteiger partial charge is 0.497 e. The molecular weight excluding hydrogens is 410 g/mol. The molecule has 1 fully saturated rings. The zero-order valence-electron chi connectivity index (χ0n) is 18.8. The molecule has 32 heavy (non-hydrogen) atoms. The molecule has 3 aromatic rings. The summed E-state index contributed by atoms with van der Waals surface area (Å²) >= 11 is 0. The minimum Gasteiger partial charge on any atom is -0.497 e. The highest BCUT2D eigenvalue weighted by molar-refractivity contribution is 5.97. The first kappa shape index (κ1) is 21.7. The number of anilines is 1. The van der Waals surface area contributed by atoms with Gasteiger partial charge in [-0.2, -0.15) is 4.98 Å². The molecule has 0 bridgehead atoms. The van der Waals surface area contributed by atoms with Crippen LogP contribution in [0.2, 0.25) is 0 Å². The molecule has 0 aliphatic carbocycles. The maximum absolute atomic E-state index is 12.8. The second kappa shape index (κ2) is 9.30. The van der Waals surface area contributed by atoms with Gasteiger partial charge in [-0.25, -0.2) is 0 Å². The maximum atomic E-state index is 12.8. The molecule has 1 saturated heterocycles. The highest BCUT2D eigenvalue weighted by Crippen LogP contribution is 2.36. The lowest BCUT2D eigenvalue weighted by Gasteiger charge is -2.19. The average Bonchev–Trinajstić information content (AvgIpc) is 3.45. The van der Waals surface area contributed by atoms with E-state index in [1.165, 1.54) is 0 Å². The van der Waals surface area contributed by atoms with Gasteiger partial charge in [-0.3, -0.25) is 4.79 Å². The number of carbonyl (C=O) groups excluding carboxylic acids is 1. The predicted molar refractivity (Wildman–Crippen MR) is 120 cm³/mol. The Labute approximate surface area is 187 Å². The number of carbonyl (C=O) groups is 1. The van der Waals surface area contributed by atoms with Crippen LogP contribution in [0.3, 0.4) is 0 Å². The van der Waals surface area contributed by atoms with E-state index in [1.807, 2.05) is 50.2 Å². The Hall–Kier alpha value is -3.55. The summed E-state index contributed by atoms with van der Waals surface area (Å²) in [6.07, 6.45) is 1.22. The van der Waals surface area contributed by atoms with E-state index in [-0.39, 0.29) is 11.8 Å². The fourth-order valence-corrected chi connectivity index (χ4v) is 3.77. The standard InChI is InChI=1S/C24H27N3O5/c1-5-10-31-20-9-7-16(11-21(20)30-4)23-25-24(32-26-23)17-12-22(28)27(14-17)19-13-18(29-3)8-6-15(19)2/h6-9,11,13,17H,5,10,12,14H2,1-4H3. The Bertz CT molecular complexity index is 1110. The van der Waals surface area contributed by atoms with E-state index in [4.69, 9.17) is 18.7 Å². The molecular formula is C24H27N3O5. The van der Waals surface area contributed by atoms with Crippen LogP contribution in [0.25, 0.3) is 11.4 Å². The second-order valence-corrected chi connectivity index (χ2v) is 7.73. The van der Waals surface area contributed by atoms with Crippen molar-refractivity contribution >= 4 is 11.6 Å². The molecule has 1 atom stereocenters. The number of hydrogen-bond acceptors (Lipinski definition) is 7. The minimum atomic E-state index is -0.177. The number of nitrogens with zero attached hydrogens (tertiary/aromatic N) is 3. The molecule has 0 saturated carbocycles.